The number of carbonyl (C=O) groups is 1. The number of para-hydroxylation sites is 1. The lowest BCUT2D eigenvalue weighted by Gasteiger charge is -2.24. The highest BCUT2D eigenvalue weighted by Gasteiger charge is 2.33. The quantitative estimate of drug-likeness (QED) is 0.254. The van der Waals surface area contributed by atoms with Crippen molar-refractivity contribution in [3.05, 3.63) is 100 Å². The maximum absolute atomic E-state index is 13.5. The number of amides is 1. The first-order valence-corrected chi connectivity index (χ1v) is 12.4. The molecule has 5 rings (SSSR count). The van der Waals surface area contributed by atoms with Gasteiger partial charge in [0.15, 0.2) is 0 Å². The summed E-state index contributed by atoms with van der Waals surface area (Å²) < 4.78 is 25.4. The minimum Gasteiger partial charge on any atom is -0.493 e. The minimum absolute atomic E-state index is 0.162. The summed E-state index contributed by atoms with van der Waals surface area (Å²) in [6, 6.07) is 19.3. The lowest BCUT2D eigenvalue weighted by Crippen LogP contribution is -2.32. The molecular formula is C29H30N2O5. The van der Waals surface area contributed by atoms with E-state index in [0.29, 0.717) is 43.7 Å². The van der Waals surface area contributed by atoms with Crippen LogP contribution in [0.2, 0.25) is 0 Å². The lowest BCUT2D eigenvalue weighted by atomic mass is 10.1. The fourth-order valence-electron chi connectivity index (χ4n) is 4.18. The number of furan rings is 1. The lowest BCUT2D eigenvalue weighted by molar-refractivity contribution is 0.0728. The van der Waals surface area contributed by atoms with Crippen LogP contribution in [-0.2, 0) is 13.0 Å². The molecule has 0 aliphatic heterocycles. The molecule has 1 aliphatic rings. The Bertz CT molecular complexity index is 1370. The van der Waals surface area contributed by atoms with Crippen LogP contribution in [-0.4, -0.2) is 28.6 Å². The number of rotatable bonds is 12. The Balaban J connectivity index is 1.20. The number of aromatic amines is 1. The molecule has 0 saturated heterocycles. The third-order valence-corrected chi connectivity index (χ3v) is 6.24. The summed E-state index contributed by atoms with van der Waals surface area (Å²) in [5, 5.41) is 2.30. The zero-order valence-corrected chi connectivity index (χ0v) is 20.1. The maximum atomic E-state index is 13.5. The minimum atomic E-state index is -0.892. The van der Waals surface area contributed by atoms with Gasteiger partial charge in [0.2, 0.25) is 0 Å². The van der Waals surface area contributed by atoms with E-state index in [1.54, 1.807) is 23.3 Å². The molecule has 0 radical (unpaired) electrons. The second-order valence-corrected chi connectivity index (χ2v) is 8.96. The van der Waals surface area contributed by atoms with Gasteiger partial charge < -0.3 is 18.6 Å². The zero-order chi connectivity index (χ0) is 25.7. The third-order valence-electron chi connectivity index (χ3n) is 6.24. The van der Waals surface area contributed by atoms with Gasteiger partial charge in [-0.15, -0.1) is 0 Å². The zero-order valence-electron chi connectivity index (χ0n) is 21.1. The summed E-state index contributed by atoms with van der Waals surface area (Å²) >= 11 is 0. The number of hydrogen-bond acceptors (Lipinski definition) is 5. The van der Waals surface area contributed by atoms with Gasteiger partial charge in [0, 0.05) is 41.7 Å². The van der Waals surface area contributed by atoms with Gasteiger partial charge in [-0.05, 0) is 62.4 Å². The molecule has 2 heterocycles. The summed E-state index contributed by atoms with van der Waals surface area (Å²) in [4.78, 5) is 26.3. The predicted octanol–water partition coefficient (Wildman–Crippen LogP) is 5.82. The molecule has 1 saturated carbocycles. The molecule has 2 aromatic carbocycles. The average molecular weight is 488 g/mol. The number of ether oxygens (including phenoxy) is 1. The van der Waals surface area contributed by atoms with Crippen molar-refractivity contribution in [2.45, 2.75) is 51.1 Å². The predicted molar refractivity (Wildman–Crippen MR) is 136 cm³/mol. The number of benzene rings is 2. The number of aromatic nitrogens is 1. The van der Waals surface area contributed by atoms with Crippen LogP contribution in [0.5, 0.6) is 5.75 Å². The van der Waals surface area contributed by atoms with E-state index in [1.165, 1.54) is 6.07 Å². The van der Waals surface area contributed by atoms with E-state index in [1.807, 2.05) is 48.5 Å². The molecule has 1 N–H and O–H groups in total. The molecular weight excluding hydrogens is 456 g/mol. The van der Waals surface area contributed by atoms with Crippen molar-refractivity contribution in [2.24, 2.45) is 0 Å². The summed E-state index contributed by atoms with van der Waals surface area (Å²) in [7, 11) is 0. The first-order chi connectivity index (χ1) is 18.0. The molecule has 7 nitrogen and oxygen atoms in total. The molecule has 2 aromatic heterocycles. The van der Waals surface area contributed by atoms with Crippen LogP contribution in [0.25, 0.3) is 11.3 Å². The van der Waals surface area contributed by atoms with Crippen molar-refractivity contribution in [2.75, 3.05) is 6.61 Å². The number of carbonyl (C=O) groups excluding carboxylic acids is 1. The molecule has 0 unspecified atom stereocenters. The maximum Gasteiger partial charge on any atom is 0.280 e. The van der Waals surface area contributed by atoms with Crippen LogP contribution in [0.3, 0.4) is 0 Å². The number of nitrogens with zero attached hydrogens (tertiary/aromatic N) is 1. The van der Waals surface area contributed by atoms with Gasteiger partial charge in [0.25, 0.3) is 11.5 Å². The van der Waals surface area contributed by atoms with Crippen molar-refractivity contribution in [1.29, 1.82) is 0 Å². The summed E-state index contributed by atoms with van der Waals surface area (Å²) in [6.45, 7) is 0.854. The van der Waals surface area contributed by atoms with E-state index < -0.39 is 6.02 Å². The normalized spacial score (nSPS) is 14.3. The van der Waals surface area contributed by atoms with Crippen LogP contribution in [0.15, 0.2) is 86.7 Å². The van der Waals surface area contributed by atoms with E-state index in [9.17, 15) is 9.59 Å². The number of hydrogen-bond donors (Lipinski definition) is 1. The van der Waals surface area contributed by atoms with Crippen molar-refractivity contribution in [3.63, 3.8) is 0 Å². The Morgan fingerprint density at radius 1 is 1.06 bits per heavy atom. The topological polar surface area (TPSA) is 88.7 Å². The largest absolute Gasteiger partial charge is 0.493 e. The van der Waals surface area contributed by atoms with Crippen LogP contribution in [0, 0.1) is 0 Å². The number of aryl methyl sites for hydroxylation is 1. The second kappa shape index (κ2) is 11.2. The number of H-pyrrole nitrogens is 1. The molecule has 1 fully saturated rings. The summed E-state index contributed by atoms with van der Waals surface area (Å²) in [6.07, 6.45) is 6.34. The first-order valence-electron chi connectivity index (χ1n) is 12.9. The smallest absolute Gasteiger partial charge is 0.280 e. The van der Waals surface area contributed by atoms with E-state index in [2.05, 4.69) is 5.16 Å². The molecule has 1 amide bonds. The summed E-state index contributed by atoms with van der Waals surface area (Å²) in [5.74, 6) is 1.98. The molecule has 7 heteroatoms. The highest BCUT2D eigenvalue weighted by Crippen LogP contribution is 2.32. The number of unbranched alkanes of at least 4 members (excludes halogenated alkanes) is 2. The highest BCUT2D eigenvalue weighted by molar-refractivity contribution is 5.95. The molecule has 0 spiro atoms. The fraction of sp³-hybridized carbons (Fsp3) is 0.310. The molecule has 186 valence electrons. The van der Waals surface area contributed by atoms with Gasteiger partial charge in [-0.2, -0.15) is 5.16 Å². The van der Waals surface area contributed by atoms with Gasteiger partial charge in [-0.25, -0.2) is 0 Å². The van der Waals surface area contributed by atoms with Gasteiger partial charge in [0.05, 0.1) is 14.2 Å². The second-order valence-electron chi connectivity index (χ2n) is 8.96. The SMILES string of the molecule is [2H]C1(N(Cc2ccccc2OCCCCCc2cc(=O)[nH]o2)C(=O)c2ccc(-c3ccco3)cc2)CC1. The monoisotopic (exact) mass is 487 g/mol. The van der Waals surface area contributed by atoms with Crippen molar-refractivity contribution in [1.82, 2.24) is 10.1 Å². The Labute approximate surface area is 211 Å². The summed E-state index contributed by atoms with van der Waals surface area (Å²) in [5.41, 5.74) is 2.12. The van der Waals surface area contributed by atoms with Crippen LogP contribution >= 0.6 is 0 Å². The Morgan fingerprint density at radius 3 is 2.61 bits per heavy atom. The third kappa shape index (κ3) is 5.97. The molecule has 4 aromatic rings. The van der Waals surface area contributed by atoms with Gasteiger partial charge >= 0.3 is 0 Å². The van der Waals surface area contributed by atoms with E-state index in [0.717, 1.165) is 41.9 Å². The number of nitrogens with one attached hydrogen (secondary N) is 1. The molecule has 0 atom stereocenters. The Morgan fingerprint density at radius 2 is 1.89 bits per heavy atom. The van der Waals surface area contributed by atoms with Gasteiger partial charge in [0.1, 0.15) is 17.3 Å². The van der Waals surface area contributed by atoms with E-state index in [-0.39, 0.29) is 11.5 Å². The molecule has 1 aliphatic carbocycles. The fourth-order valence-corrected chi connectivity index (χ4v) is 4.18. The molecule has 0 bridgehead atoms. The average Bonchev–Trinajstić information content (AvgIpc) is 3.27. The van der Waals surface area contributed by atoms with Crippen LogP contribution in [0.4, 0.5) is 0 Å². The Kier molecular flexibility index (Phi) is 6.96. The van der Waals surface area contributed by atoms with Gasteiger partial charge in [-0.3, -0.25) is 9.59 Å². The van der Waals surface area contributed by atoms with Gasteiger partial charge in [-0.1, -0.05) is 30.3 Å². The van der Waals surface area contributed by atoms with Crippen molar-refractivity contribution < 1.29 is 19.8 Å². The van der Waals surface area contributed by atoms with E-state index >= 15 is 0 Å². The van der Waals surface area contributed by atoms with Crippen LogP contribution < -0.4 is 10.3 Å². The van der Waals surface area contributed by atoms with Crippen LogP contribution in [0.1, 0.15) is 55.2 Å². The highest BCUT2D eigenvalue weighted by atomic mass is 16.5. The Hall–Kier alpha value is -4.00. The van der Waals surface area contributed by atoms with Crippen molar-refractivity contribution >= 4 is 5.91 Å². The standard InChI is InChI=1S/C29H30N2O5/c32-28-19-25(36-30-28)8-2-1-5-17-34-27-9-4-3-7-23(27)20-31(24-15-16-24)29(33)22-13-11-21(12-14-22)26-10-6-18-35-26/h3-4,6-7,9-14,18-19,24H,1-2,5,8,15-17,20H2,(H,30,32)/i24D. The first kappa shape index (κ1) is 22.5. The van der Waals surface area contributed by atoms with E-state index in [4.69, 9.17) is 15.0 Å². The van der Waals surface area contributed by atoms with Crippen molar-refractivity contribution in [3.8, 4) is 17.1 Å². The molecule has 36 heavy (non-hydrogen) atoms.